The van der Waals surface area contributed by atoms with Crippen LogP contribution in [0.2, 0.25) is 10.0 Å². The summed E-state index contributed by atoms with van der Waals surface area (Å²) in [5.74, 6) is -0.332. The second-order valence-electron chi connectivity index (χ2n) is 4.47. The van der Waals surface area contributed by atoms with E-state index in [0.717, 1.165) is 6.42 Å². The first-order chi connectivity index (χ1) is 9.95. The van der Waals surface area contributed by atoms with E-state index in [0.29, 0.717) is 36.2 Å². The van der Waals surface area contributed by atoms with Crippen LogP contribution >= 0.6 is 23.2 Å². The number of carbonyl (C=O) groups excluding carboxylic acids is 1. The third kappa shape index (κ3) is 6.09. The van der Waals surface area contributed by atoms with Crippen LogP contribution < -0.4 is 11.1 Å². The van der Waals surface area contributed by atoms with Crippen molar-refractivity contribution in [2.24, 2.45) is 0 Å². The zero-order valence-corrected chi connectivity index (χ0v) is 13.6. The Bertz CT molecular complexity index is 460. The molecule has 1 aromatic rings. The van der Waals surface area contributed by atoms with Crippen molar-refractivity contribution in [3.05, 3.63) is 22.2 Å². The molecular formula is C14H20Cl2N2O3. The molecule has 1 aromatic carbocycles. The highest BCUT2D eigenvalue weighted by Crippen LogP contribution is 2.32. The number of halogens is 2. The summed E-state index contributed by atoms with van der Waals surface area (Å²) in [5.41, 5.74) is 6.42. The summed E-state index contributed by atoms with van der Waals surface area (Å²) in [4.78, 5) is 12.0. The van der Waals surface area contributed by atoms with E-state index >= 15 is 0 Å². The Morgan fingerprint density at radius 3 is 2.67 bits per heavy atom. The van der Waals surface area contributed by atoms with Crippen molar-refractivity contribution in [2.75, 3.05) is 30.9 Å². The summed E-state index contributed by atoms with van der Waals surface area (Å²) in [7, 11) is 0. The van der Waals surface area contributed by atoms with Crippen LogP contribution in [-0.4, -0.2) is 31.8 Å². The third-order valence-corrected chi connectivity index (χ3v) is 3.16. The first-order valence-electron chi connectivity index (χ1n) is 6.70. The molecule has 0 saturated carbocycles. The molecule has 0 heterocycles. The van der Waals surface area contributed by atoms with Gasteiger partial charge in [0.2, 0.25) is 0 Å². The van der Waals surface area contributed by atoms with Gasteiger partial charge in [-0.25, -0.2) is 0 Å². The molecule has 1 unspecified atom stereocenters. The maximum Gasteiger partial charge on any atom is 0.253 e. The Balaban J connectivity index is 2.49. The summed E-state index contributed by atoms with van der Waals surface area (Å²) in [5, 5.41) is 3.33. The fourth-order valence-corrected chi connectivity index (χ4v) is 2.11. The van der Waals surface area contributed by atoms with Gasteiger partial charge >= 0.3 is 0 Å². The van der Waals surface area contributed by atoms with E-state index in [2.05, 4.69) is 5.32 Å². The molecule has 0 aliphatic carbocycles. The molecule has 1 rings (SSSR count). The van der Waals surface area contributed by atoms with Gasteiger partial charge in [0, 0.05) is 11.6 Å². The minimum atomic E-state index is -0.638. The largest absolute Gasteiger partial charge is 0.397 e. The van der Waals surface area contributed by atoms with Crippen LogP contribution in [0.25, 0.3) is 0 Å². The average molecular weight is 335 g/mol. The molecule has 118 valence electrons. The average Bonchev–Trinajstić information content (AvgIpc) is 2.42. The molecule has 0 aliphatic heterocycles. The fraction of sp³-hybridized carbons (Fsp3) is 0.500. The van der Waals surface area contributed by atoms with Gasteiger partial charge in [-0.3, -0.25) is 4.79 Å². The van der Waals surface area contributed by atoms with E-state index in [1.54, 1.807) is 6.92 Å². The Hall–Kier alpha value is -1.01. The van der Waals surface area contributed by atoms with E-state index in [-0.39, 0.29) is 10.9 Å². The van der Waals surface area contributed by atoms with Gasteiger partial charge in [0.1, 0.15) is 6.10 Å². The number of benzene rings is 1. The first-order valence-corrected chi connectivity index (χ1v) is 7.46. The van der Waals surface area contributed by atoms with Crippen molar-refractivity contribution in [2.45, 2.75) is 26.4 Å². The summed E-state index contributed by atoms with van der Waals surface area (Å²) < 4.78 is 10.6. The van der Waals surface area contributed by atoms with Crippen LogP contribution in [-0.2, 0) is 14.3 Å². The number of hydrogen-bond acceptors (Lipinski definition) is 4. The monoisotopic (exact) mass is 334 g/mol. The second kappa shape index (κ2) is 9.10. The summed E-state index contributed by atoms with van der Waals surface area (Å²) in [6.07, 6.45) is 0.311. The number of nitrogens with one attached hydrogen (secondary N) is 1. The molecule has 0 aromatic heterocycles. The minimum Gasteiger partial charge on any atom is -0.397 e. The van der Waals surface area contributed by atoms with Crippen LogP contribution in [0.4, 0.5) is 11.4 Å². The van der Waals surface area contributed by atoms with Crippen molar-refractivity contribution in [3.63, 3.8) is 0 Å². The number of amides is 1. The molecule has 0 bridgehead atoms. The van der Waals surface area contributed by atoms with Crippen LogP contribution in [0.5, 0.6) is 0 Å². The maximum atomic E-state index is 12.0. The smallest absolute Gasteiger partial charge is 0.253 e. The minimum absolute atomic E-state index is 0.284. The van der Waals surface area contributed by atoms with Gasteiger partial charge in [0.05, 0.1) is 29.6 Å². The van der Waals surface area contributed by atoms with Gasteiger partial charge in [-0.2, -0.15) is 0 Å². The van der Waals surface area contributed by atoms with E-state index in [9.17, 15) is 4.79 Å². The number of nitrogen functional groups attached to an aromatic ring is 1. The number of nitrogens with two attached hydrogens (primary N) is 1. The number of hydrogen-bond donors (Lipinski definition) is 2. The molecular weight excluding hydrogens is 315 g/mol. The van der Waals surface area contributed by atoms with Crippen LogP contribution in [0.1, 0.15) is 20.3 Å². The SMILES string of the molecule is CCCOCCOC(C)C(=O)Nc1c(N)cc(Cl)cc1Cl. The zero-order valence-electron chi connectivity index (χ0n) is 12.1. The Morgan fingerprint density at radius 1 is 1.33 bits per heavy atom. The Labute approximate surface area is 134 Å². The molecule has 0 saturated heterocycles. The molecule has 5 nitrogen and oxygen atoms in total. The number of carbonyl (C=O) groups is 1. The predicted molar refractivity (Wildman–Crippen MR) is 86.0 cm³/mol. The van der Waals surface area contributed by atoms with Gasteiger partial charge < -0.3 is 20.5 Å². The summed E-state index contributed by atoms with van der Waals surface area (Å²) >= 11 is 11.8. The highest BCUT2D eigenvalue weighted by Gasteiger charge is 2.16. The highest BCUT2D eigenvalue weighted by molar-refractivity contribution is 6.37. The number of rotatable bonds is 8. The van der Waals surface area contributed by atoms with Gasteiger partial charge in [-0.15, -0.1) is 0 Å². The number of anilines is 2. The molecule has 0 aliphatic rings. The Morgan fingerprint density at radius 2 is 2.05 bits per heavy atom. The van der Waals surface area contributed by atoms with Gasteiger partial charge in [0.25, 0.3) is 5.91 Å². The fourth-order valence-electron chi connectivity index (χ4n) is 1.56. The zero-order chi connectivity index (χ0) is 15.8. The van der Waals surface area contributed by atoms with Crippen molar-refractivity contribution in [1.82, 2.24) is 0 Å². The first kappa shape index (κ1) is 18.0. The topological polar surface area (TPSA) is 73.6 Å². The van der Waals surface area contributed by atoms with Crippen LogP contribution in [0.3, 0.4) is 0 Å². The van der Waals surface area contributed by atoms with E-state index in [1.807, 2.05) is 6.92 Å². The van der Waals surface area contributed by atoms with Crippen molar-refractivity contribution < 1.29 is 14.3 Å². The third-order valence-electron chi connectivity index (χ3n) is 2.65. The number of ether oxygens (including phenoxy) is 2. The Kier molecular flexibility index (Phi) is 7.82. The molecule has 7 heteroatoms. The molecule has 21 heavy (non-hydrogen) atoms. The quantitative estimate of drug-likeness (QED) is 0.564. The highest BCUT2D eigenvalue weighted by atomic mass is 35.5. The lowest BCUT2D eigenvalue weighted by atomic mass is 10.2. The van der Waals surface area contributed by atoms with Crippen LogP contribution in [0, 0.1) is 0 Å². The van der Waals surface area contributed by atoms with E-state index in [4.69, 9.17) is 38.4 Å². The molecule has 3 N–H and O–H groups in total. The van der Waals surface area contributed by atoms with Gasteiger partial charge in [-0.05, 0) is 25.5 Å². The predicted octanol–water partition coefficient (Wildman–Crippen LogP) is 3.35. The van der Waals surface area contributed by atoms with Gasteiger partial charge in [0.15, 0.2) is 0 Å². The second-order valence-corrected chi connectivity index (χ2v) is 5.31. The maximum absolute atomic E-state index is 12.0. The van der Waals surface area contributed by atoms with E-state index in [1.165, 1.54) is 12.1 Å². The van der Waals surface area contributed by atoms with E-state index < -0.39 is 6.10 Å². The lowest BCUT2D eigenvalue weighted by Gasteiger charge is -2.15. The summed E-state index contributed by atoms with van der Waals surface area (Å²) in [6, 6.07) is 3.03. The normalized spacial score (nSPS) is 12.2. The van der Waals surface area contributed by atoms with Crippen molar-refractivity contribution in [1.29, 1.82) is 0 Å². The molecule has 0 spiro atoms. The van der Waals surface area contributed by atoms with Crippen molar-refractivity contribution in [3.8, 4) is 0 Å². The van der Waals surface area contributed by atoms with Crippen molar-refractivity contribution >= 4 is 40.5 Å². The molecule has 0 radical (unpaired) electrons. The standard InChI is InChI=1S/C14H20Cl2N2O3/c1-3-4-20-5-6-21-9(2)14(19)18-13-11(16)7-10(15)8-12(13)17/h7-9H,3-6,17H2,1-2H3,(H,18,19). The lowest BCUT2D eigenvalue weighted by Crippen LogP contribution is -2.29. The van der Waals surface area contributed by atoms with Crippen LogP contribution in [0.15, 0.2) is 12.1 Å². The molecule has 0 fully saturated rings. The lowest BCUT2D eigenvalue weighted by molar-refractivity contribution is -0.127. The molecule has 1 atom stereocenters. The summed E-state index contributed by atoms with van der Waals surface area (Å²) in [6.45, 7) is 5.15. The molecule has 1 amide bonds. The van der Waals surface area contributed by atoms with Gasteiger partial charge in [-0.1, -0.05) is 30.1 Å².